The van der Waals surface area contributed by atoms with Crippen molar-refractivity contribution in [3.05, 3.63) is 48.2 Å². The Kier molecular flexibility index (Phi) is 8.32. The van der Waals surface area contributed by atoms with Crippen molar-refractivity contribution in [1.29, 1.82) is 0 Å². The number of rotatable bonds is 3. The molecule has 12 nitrogen and oxygen atoms in total. The molecule has 46 heavy (non-hydrogen) atoms. The first kappa shape index (κ1) is 31.6. The molecular formula is C34H43N5O7. The van der Waals surface area contributed by atoms with Crippen molar-refractivity contribution in [2.24, 2.45) is 17.8 Å². The number of nitrogens with zero attached hydrogens (tertiary/aromatic N) is 2. The first-order valence-corrected chi connectivity index (χ1v) is 16.3. The highest BCUT2D eigenvalue weighted by atomic mass is 16.6. The van der Waals surface area contributed by atoms with Gasteiger partial charge >= 0.3 is 12.1 Å². The summed E-state index contributed by atoms with van der Waals surface area (Å²) in [7, 11) is 0. The van der Waals surface area contributed by atoms with Gasteiger partial charge < -0.3 is 35.3 Å². The minimum Gasteiger partial charge on any atom is -0.479 e. The molecule has 1 saturated carbocycles. The van der Waals surface area contributed by atoms with Crippen molar-refractivity contribution >= 4 is 40.7 Å². The van der Waals surface area contributed by atoms with Crippen LogP contribution in [-0.2, 0) is 19.1 Å². The highest BCUT2D eigenvalue weighted by Gasteiger charge is 2.62. The van der Waals surface area contributed by atoms with E-state index in [1.807, 2.05) is 42.5 Å². The number of amides is 4. The number of hydrogen-bond acceptors (Lipinski definition) is 6. The zero-order valence-corrected chi connectivity index (χ0v) is 26.6. The summed E-state index contributed by atoms with van der Waals surface area (Å²) in [6, 6.07) is 7.50. The van der Waals surface area contributed by atoms with E-state index in [0.29, 0.717) is 25.1 Å². The summed E-state index contributed by atoms with van der Waals surface area (Å²) in [6.45, 7) is 6.00. The second kappa shape index (κ2) is 12.1. The Balaban J connectivity index is 1.28. The van der Waals surface area contributed by atoms with Crippen LogP contribution in [0.1, 0.15) is 69.8 Å². The summed E-state index contributed by atoms with van der Waals surface area (Å²) in [4.78, 5) is 73.7. The Morgan fingerprint density at radius 2 is 1.85 bits per heavy atom. The second-order valence-electron chi connectivity index (χ2n) is 14.2. The molecule has 246 valence electrons. The number of allylic oxidation sites excluding steroid dienone is 1. The van der Waals surface area contributed by atoms with Crippen LogP contribution in [0.4, 0.5) is 4.79 Å². The molecule has 4 heterocycles. The molecule has 0 unspecified atom stereocenters. The summed E-state index contributed by atoms with van der Waals surface area (Å²) in [5.41, 5.74) is -0.912. The highest BCUT2D eigenvalue weighted by Crippen LogP contribution is 2.46. The number of benzene rings is 1. The van der Waals surface area contributed by atoms with Crippen LogP contribution in [0, 0.1) is 17.8 Å². The molecule has 12 heteroatoms. The number of likely N-dealkylation sites (tertiary alicyclic amines) is 1. The number of aliphatic carboxylic acids is 1. The fraction of sp³-hybridized carbons (Fsp3) is 0.559. The number of aromatic nitrogens is 1. The van der Waals surface area contributed by atoms with Gasteiger partial charge in [0.15, 0.2) is 0 Å². The second-order valence-corrected chi connectivity index (χ2v) is 14.2. The van der Waals surface area contributed by atoms with E-state index in [1.54, 1.807) is 25.7 Å². The van der Waals surface area contributed by atoms with E-state index in [1.165, 1.54) is 4.90 Å². The van der Waals surface area contributed by atoms with Gasteiger partial charge in [-0.3, -0.25) is 14.4 Å². The van der Waals surface area contributed by atoms with E-state index in [4.69, 9.17) is 4.74 Å². The van der Waals surface area contributed by atoms with Gasteiger partial charge in [-0.05, 0) is 58.6 Å². The zero-order chi connectivity index (χ0) is 32.8. The van der Waals surface area contributed by atoms with E-state index in [0.717, 1.165) is 30.2 Å². The van der Waals surface area contributed by atoms with Crippen molar-refractivity contribution in [2.45, 2.75) is 82.5 Å². The number of alkyl carbamates (subject to hydrolysis) is 1. The average molecular weight is 634 g/mol. The summed E-state index contributed by atoms with van der Waals surface area (Å²) in [5, 5.41) is 16.7. The largest absolute Gasteiger partial charge is 0.479 e. The number of para-hydroxylation sites is 1. The number of aromatic amines is 1. The SMILES string of the molecule is CC(C)(C)OC(=O)N[C@@H]1CCCCC/C=C\[C@@H]2C[C@@]2(C(=O)O)NC(=O)[C@@H]2[C@H]3CN(C(=O)c4cc5ccccc5[nH]4)C[C@H]3CN2C1=O. The predicted molar refractivity (Wildman–Crippen MR) is 169 cm³/mol. The molecule has 0 spiro atoms. The van der Waals surface area contributed by atoms with E-state index < -0.39 is 53.0 Å². The Bertz CT molecular complexity index is 1540. The molecule has 0 radical (unpaired) electrons. The molecule has 2 saturated heterocycles. The number of hydrogen-bond donors (Lipinski definition) is 4. The molecule has 4 aliphatic rings. The average Bonchev–Trinajstić information content (AvgIpc) is 3.29. The van der Waals surface area contributed by atoms with Crippen LogP contribution in [0.3, 0.4) is 0 Å². The van der Waals surface area contributed by atoms with Crippen LogP contribution in [0.15, 0.2) is 42.5 Å². The lowest BCUT2D eigenvalue weighted by Crippen LogP contribution is -2.58. The number of carbonyl (C=O) groups excluding carboxylic acids is 4. The van der Waals surface area contributed by atoms with E-state index in [9.17, 15) is 29.1 Å². The third kappa shape index (κ3) is 6.21. The topological polar surface area (TPSA) is 161 Å². The maximum Gasteiger partial charge on any atom is 0.408 e. The predicted octanol–water partition coefficient (Wildman–Crippen LogP) is 3.44. The van der Waals surface area contributed by atoms with E-state index >= 15 is 0 Å². The fourth-order valence-corrected chi connectivity index (χ4v) is 7.34. The number of fused-ring (bicyclic) bond motifs is 5. The molecule has 4 N–H and O–H groups in total. The smallest absolute Gasteiger partial charge is 0.408 e. The lowest BCUT2D eigenvalue weighted by molar-refractivity contribution is -0.146. The lowest BCUT2D eigenvalue weighted by atomic mass is 9.93. The molecule has 1 aromatic carbocycles. The van der Waals surface area contributed by atoms with Gasteiger partial charge in [-0.2, -0.15) is 0 Å². The van der Waals surface area contributed by atoms with Crippen molar-refractivity contribution in [3.63, 3.8) is 0 Å². The Hall–Kier alpha value is -4.35. The molecule has 3 fully saturated rings. The first-order chi connectivity index (χ1) is 21.9. The molecule has 6 rings (SSSR count). The van der Waals surface area contributed by atoms with Gasteiger partial charge in [0.1, 0.15) is 28.9 Å². The monoisotopic (exact) mass is 633 g/mol. The van der Waals surface area contributed by atoms with Gasteiger partial charge in [0.05, 0.1) is 0 Å². The van der Waals surface area contributed by atoms with Crippen molar-refractivity contribution in [1.82, 2.24) is 25.4 Å². The standard InChI is InChI=1S/C34H43N5O7/c1-33(2,3)46-32(45)36-25-14-8-6-4-5-7-12-22-16-34(22,31(43)44)37-28(40)27-23-19-38(17-21(23)18-39(27)30(25)42)29(41)26-15-20-11-9-10-13-24(20)35-26/h7,9-13,15,21-23,25,27,35H,4-6,8,14,16-19H2,1-3H3,(H,36,45)(H,37,40)(H,43,44)/b12-7-/t21-,22+,23-,25+,27-,34+/m0/s1. The van der Waals surface area contributed by atoms with Crippen LogP contribution in [0.5, 0.6) is 0 Å². The normalized spacial score (nSPS) is 30.7. The van der Waals surface area contributed by atoms with Crippen LogP contribution in [0.2, 0.25) is 0 Å². The minimum atomic E-state index is -1.44. The van der Waals surface area contributed by atoms with Gasteiger partial charge in [0, 0.05) is 48.3 Å². The molecular weight excluding hydrogens is 590 g/mol. The number of carbonyl (C=O) groups is 5. The molecule has 1 aromatic heterocycles. The number of nitrogens with one attached hydrogen (secondary N) is 3. The molecule has 1 aliphatic carbocycles. The minimum absolute atomic E-state index is 0.195. The van der Waals surface area contributed by atoms with Crippen molar-refractivity contribution in [2.75, 3.05) is 19.6 Å². The third-order valence-corrected chi connectivity index (χ3v) is 9.73. The third-order valence-electron chi connectivity index (χ3n) is 9.73. The van der Waals surface area contributed by atoms with Gasteiger partial charge in [0.25, 0.3) is 5.91 Å². The van der Waals surface area contributed by atoms with Gasteiger partial charge in [0.2, 0.25) is 11.8 Å². The lowest BCUT2D eigenvalue weighted by Gasteiger charge is -2.32. The van der Waals surface area contributed by atoms with Gasteiger partial charge in [-0.1, -0.05) is 43.2 Å². The van der Waals surface area contributed by atoms with Gasteiger partial charge in [-0.15, -0.1) is 0 Å². The van der Waals surface area contributed by atoms with E-state index in [-0.39, 0.29) is 37.3 Å². The fourth-order valence-electron chi connectivity index (χ4n) is 7.34. The summed E-state index contributed by atoms with van der Waals surface area (Å²) < 4.78 is 5.46. The van der Waals surface area contributed by atoms with Crippen LogP contribution in [0.25, 0.3) is 10.9 Å². The molecule has 6 atom stereocenters. The van der Waals surface area contributed by atoms with Gasteiger partial charge in [-0.25, -0.2) is 9.59 Å². The molecule has 2 aromatic rings. The first-order valence-electron chi connectivity index (χ1n) is 16.3. The van der Waals surface area contributed by atoms with Crippen molar-refractivity contribution < 1.29 is 33.8 Å². The maximum absolute atomic E-state index is 14.2. The van der Waals surface area contributed by atoms with Crippen LogP contribution < -0.4 is 10.6 Å². The Morgan fingerprint density at radius 1 is 1.07 bits per heavy atom. The molecule has 0 bridgehead atoms. The number of ether oxygens (including phenoxy) is 1. The molecule has 3 aliphatic heterocycles. The highest BCUT2D eigenvalue weighted by molar-refractivity contribution is 5.99. The van der Waals surface area contributed by atoms with Crippen molar-refractivity contribution in [3.8, 4) is 0 Å². The number of carboxylic acid groups (broad SMARTS) is 1. The van der Waals surface area contributed by atoms with Crippen LogP contribution >= 0.6 is 0 Å². The zero-order valence-electron chi connectivity index (χ0n) is 26.6. The van der Waals surface area contributed by atoms with Crippen LogP contribution in [-0.4, -0.2) is 92.5 Å². The number of H-pyrrole nitrogens is 1. The number of carboxylic acids is 1. The summed E-state index contributed by atoms with van der Waals surface area (Å²) in [6.07, 6.45) is 6.84. The van der Waals surface area contributed by atoms with E-state index in [2.05, 4.69) is 15.6 Å². The summed E-state index contributed by atoms with van der Waals surface area (Å²) in [5.74, 6) is -3.22. The Morgan fingerprint density at radius 3 is 2.59 bits per heavy atom. The maximum atomic E-state index is 14.2. The summed E-state index contributed by atoms with van der Waals surface area (Å²) >= 11 is 0. The quantitative estimate of drug-likeness (QED) is 0.377. The molecule has 4 amide bonds. The Labute approximate surface area is 267 Å².